The van der Waals surface area contributed by atoms with E-state index >= 15 is 0 Å². The normalized spacial score (nSPS) is 13.1. The lowest BCUT2D eigenvalue weighted by atomic mass is 10.1. The Balaban J connectivity index is 1.70. The van der Waals surface area contributed by atoms with E-state index in [0.29, 0.717) is 24.9 Å². The Labute approximate surface area is 150 Å². The molecule has 2 rings (SSSR count). The molecule has 25 heavy (non-hydrogen) atoms. The Morgan fingerprint density at radius 1 is 1.16 bits per heavy atom. The monoisotopic (exact) mass is 343 g/mol. The maximum Gasteiger partial charge on any atom is 0.228 e. The van der Waals surface area contributed by atoms with Gasteiger partial charge in [0.25, 0.3) is 0 Å². The average molecular weight is 343 g/mol. The second kappa shape index (κ2) is 9.81. The Kier molecular flexibility index (Phi) is 7.44. The zero-order valence-electron chi connectivity index (χ0n) is 15.6. The molecule has 1 aromatic carbocycles. The van der Waals surface area contributed by atoms with Gasteiger partial charge in [0.15, 0.2) is 11.8 Å². The van der Waals surface area contributed by atoms with Crippen LogP contribution >= 0.6 is 0 Å². The summed E-state index contributed by atoms with van der Waals surface area (Å²) in [7, 11) is 1.78. The van der Waals surface area contributed by atoms with Gasteiger partial charge in [-0.05, 0) is 25.3 Å². The van der Waals surface area contributed by atoms with E-state index in [-0.39, 0.29) is 5.92 Å². The van der Waals surface area contributed by atoms with Crippen molar-refractivity contribution in [1.82, 2.24) is 20.8 Å². The van der Waals surface area contributed by atoms with Crippen LogP contribution in [0.3, 0.4) is 0 Å². The van der Waals surface area contributed by atoms with Gasteiger partial charge in [0.1, 0.15) is 0 Å². The van der Waals surface area contributed by atoms with Crippen LogP contribution < -0.4 is 10.6 Å². The molecule has 0 aliphatic carbocycles. The summed E-state index contributed by atoms with van der Waals surface area (Å²) in [5, 5.41) is 10.7. The molecule has 6 heteroatoms. The van der Waals surface area contributed by atoms with Crippen LogP contribution in [-0.4, -0.2) is 35.7 Å². The summed E-state index contributed by atoms with van der Waals surface area (Å²) in [6.07, 6.45) is 2.77. The van der Waals surface area contributed by atoms with Crippen LogP contribution in [0.4, 0.5) is 0 Å². The van der Waals surface area contributed by atoms with Gasteiger partial charge in [0.05, 0.1) is 0 Å². The average Bonchev–Trinajstić information content (AvgIpc) is 3.09. The fourth-order valence-electron chi connectivity index (χ4n) is 2.42. The number of rotatable bonds is 8. The van der Waals surface area contributed by atoms with Crippen LogP contribution in [0.15, 0.2) is 39.8 Å². The van der Waals surface area contributed by atoms with E-state index in [1.807, 2.05) is 6.07 Å². The molecule has 2 N–H and O–H groups in total. The molecule has 0 bridgehead atoms. The summed E-state index contributed by atoms with van der Waals surface area (Å²) in [5.74, 6) is 2.49. The van der Waals surface area contributed by atoms with Crippen molar-refractivity contribution in [2.24, 2.45) is 4.99 Å². The minimum atomic E-state index is 0.283. The molecule has 0 radical (unpaired) electrons. The number of nitrogens with one attached hydrogen (secondary N) is 2. The van der Waals surface area contributed by atoms with Gasteiger partial charge in [-0.1, -0.05) is 49.3 Å². The van der Waals surface area contributed by atoms with E-state index in [1.165, 1.54) is 5.56 Å². The first-order chi connectivity index (χ1) is 12.1. The van der Waals surface area contributed by atoms with Gasteiger partial charge in [-0.25, -0.2) is 0 Å². The van der Waals surface area contributed by atoms with E-state index in [2.05, 4.69) is 70.8 Å². The third kappa shape index (κ3) is 6.57. The zero-order chi connectivity index (χ0) is 18.1. The Bertz CT molecular complexity index is 651. The third-order valence-electron chi connectivity index (χ3n) is 3.95. The molecule has 1 heterocycles. The molecular weight excluding hydrogens is 314 g/mol. The molecule has 0 saturated heterocycles. The lowest BCUT2D eigenvalue weighted by Gasteiger charge is -2.17. The number of aliphatic imine (C=N–C) groups is 1. The lowest BCUT2D eigenvalue weighted by molar-refractivity contribution is 0.371. The maximum atomic E-state index is 5.25. The van der Waals surface area contributed by atoms with Crippen molar-refractivity contribution < 1.29 is 4.52 Å². The Morgan fingerprint density at radius 2 is 1.92 bits per heavy atom. The van der Waals surface area contributed by atoms with Crippen molar-refractivity contribution in [2.45, 2.75) is 52.0 Å². The predicted molar refractivity (Wildman–Crippen MR) is 101 cm³/mol. The molecule has 0 aliphatic rings. The summed E-state index contributed by atoms with van der Waals surface area (Å²) in [6.45, 7) is 6.97. The first-order valence-corrected chi connectivity index (χ1v) is 8.92. The smallest absolute Gasteiger partial charge is 0.228 e. The van der Waals surface area contributed by atoms with Crippen molar-refractivity contribution in [2.75, 3.05) is 13.6 Å². The minimum Gasteiger partial charge on any atom is -0.356 e. The van der Waals surface area contributed by atoms with Crippen LogP contribution in [-0.2, 0) is 12.8 Å². The molecule has 0 saturated carbocycles. The van der Waals surface area contributed by atoms with E-state index < -0.39 is 0 Å². The highest BCUT2D eigenvalue weighted by molar-refractivity contribution is 5.79. The third-order valence-corrected chi connectivity index (χ3v) is 3.95. The molecule has 1 aromatic heterocycles. The van der Waals surface area contributed by atoms with Gasteiger partial charge >= 0.3 is 0 Å². The van der Waals surface area contributed by atoms with E-state index in [0.717, 1.165) is 24.6 Å². The Morgan fingerprint density at radius 3 is 2.56 bits per heavy atom. The highest BCUT2D eigenvalue weighted by Crippen LogP contribution is 2.09. The number of hydrogen-bond donors (Lipinski definition) is 2. The van der Waals surface area contributed by atoms with Crippen molar-refractivity contribution in [3.63, 3.8) is 0 Å². The first-order valence-electron chi connectivity index (χ1n) is 8.92. The lowest BCUT2D eigenvalue weighted by Crippen LogP contribution is -2.43. The summed E-state index contributed by atoms with van der Waals surface area (Å²) in [5.41, 5.74) is 1.36. The highest BCUT2D eigenvalue weighted by atomic mass is 16.5. The number of aryl methyl sites for hydroxylation is 1. The summed E-state index contributed by atoms with van der Waals surface area (Å²) >= 11 is 0. The number of benzene rings is 1. The summed E-state index contributed by atoms with van der Waals surface area (Å²) < 4.78 is 5.25. The number of hydrogen-bond acceptors (Lipinski definition) is 4. The van der Waals surface area contributed by atoms with Gasteiger partial charge < -0.3 is 15.2 Å². The van der Waals surface area contributed by atoms with Crippen LogP contribution in [0.2, 0.25) is 0 Å². The molecule has 0 aliphatic heterocycles. The largest absolute Gasteiger partial charge is 0.356 e. The minimum absolute atomic E-state index is 0.283. The van der Waals surface area contributed by atoms with Crippen molar-refractivity contribution >= 4 is 5.96 Å². The number of aromatic nitrogens is 2. The van der Waals surface area contributed by atoms with Crippen LogP contribution in [0.1, 0.15) is 50.4 Å². The second-order valence-electron chi connectivity index (χ2n) is 6.52. The second-order valence-corrected chi connectivity index (χ2v) is 6.52. The number of nitrogens with zero attached hydrogens (tertiary/aromatic N) is 3. The van der Waals surface area contributed by atoms with Crippen molar-refractivity contribution in [1.29, 1.82) is 0 Å². The highest BCUT2D eigenvalue weighted by Gasteiger charge is 2.10. The maximum absolute atomic E-state index is 5.25. The first kappa shape index (κ1) is 19.0. The van der Waals surface area contributed by atoms with Crippen LogP contribution in [0.5, 0.6) is 0 Å². The van der Waals surface area contributed by atoms with Gasteiger partial charge in [-0.3, -0.25) is 4.99 Å². The standard InChI is InChI=1S/C19H29N5O/c1-14(2)18-23-17(25-24-18)12-13-21-19(20-4)22-15(3)10-11-16-8-6-5-7-9-16/h5-9,14-15H,10-13H2,1-4H3,(H2,20,21,22). The predicted octanol–water partition coefficient (Wildman–Crippen LogP) is 2.92. The molecular formula is C19H29N5O. The van der Waals surface area contributed by atoms with Gasteiger partial charge in [0, 0.05) is 32.0 Å². The molecule has 6 nitrogen and oxygen atoms in total. The van der Waals surface area contributed by atoms with Gasteiger partial charge in [-0.2, -0.15) is 4.98 Å². The molecule has 0 amide bonds. The fourth-order valence-corrected chi connectivity index (χ4v) is 2.42. The molecule has 1 unspecified atom stereocenters. The Hall–Kier alpha value is -2.37. The van der Waals surface area contributed by atoms with Crippen molar-refractivity contribution in [3.05, 3.63) is 47.6 Å². The molecule has 0 spiro atoms. The topological polar surface area (TPSA) is 75.3 Å². The van der Waals surface area contributed by atoms with E-state index in [1.54, 1.807) is 7.05 Å². The van der Waals surface area contributed by atoms with Gasteiger partial charge in [-0.15, -0.1) is 0 Å². The molecule has 1 atom stereocenters. The fraction of sp³-hybridized carbons (Fsp3) is 0.526. The van der Waals surface area contributed by atoms with E-state index in [9.17, 15) is 0 Å². The summed E-state index contributed by atoms with van der Waals surface area (Å²) in [4.78, 5) is 8.65. The van der Waals surface area contributed by atoms with Crippen LogP contribution in [0.25, 0.3) is 0 Å². The molecule has 2 aromatic rings. The van der Waals surface area contributed by atoms with Crippen LogP contribution in [0, 0.1) is 0 Å². The van der Waals surface area contributed by atoms with Crippen molar-refractivity contribution in [3.8, 4) is 0 Å². The van der Waals surface area contributed by atoms with E-state index in [4.69, 9.17) is 4.52 Å². The molecule has 0 fully saturated rings. The quantitative estimate of drug-likeness (QED) is 0.569. The summed E-state index contributed by atoms with van der Waals surface area (Å²) in [6, 6.07) is 10.9. The number of guanidine groups is 1. The van der Waals surface area contributed by atoms with Gasteiger partial charge in [0.2, 0.25) is 5.89 Å². The zero-order valence-corrected chi connectivity index (χ0v) is 15.6. The molecule has 136 valence electrons. The SMILES string of the molecule is CN=C(NCCc1nc(C(C)C)no1)NC(C)CCc1ccccc1.